The number of Topliss-reactive ketones (excluding diaryl/α,β-unsaturated/α-hetero) is 1. The highest BCUT2D eigenvalue weighted by atomic mass is 127. The van der Waals surface area contributed by atoms with Crippen LogP contribution in [0.3, 0.4) is 0 Å². The second-order valence-corrected chi connectivity index (χ2v) is 10.7. The molecule has 0 bridgehead atoms. The fraction of sp³-hybridized carbons (Fsp3) is 0.321. The third-order valence-electron chi connectivity index (χ3n) is 6.61. The van der Waals surface area contributed by atoms with Crippen molar-refractivity contribution in [2.75, 3.05) is 19.0 Å². The fourth-order valence-corrected chi connectivity index (χ4v) is 6.15. The Labute approximate surface area is 208 Å². The third kappa shape index (κ3) is 3.80. The Morgan fingerprint density at radius 2 is 1.91 bits per heavy atom. The number of benzene rings is 3. The summed E-state index contributed by atoms with van der Waals surface area (Å²) in [5.74, 6) is 1.66. The Kier molecular flexibility index (Phi) is 5.63. The number of carbonyl (C=O) groups is 1. The van der Waals surface area contributed by atoms with Crippen molar-refractivity contribution in [2.45, 2.75) is 39.7 Å². The Morgan fingerprint density at radius 1 is 1.12 bits per heavy atom. The van der Waals surface area contributed by atoms with Crippen molar-refractivity contribution in [3.63, 3.8) is 0 Å². The zero-order chi connectivity index (χ0) is 23.3. The Balaban J connectivity index is 1.76. The summed E-state index contributed by atoms with van der Waals surface area (Å²) in [6.07, 6.45) is 1.43. The molecular formula is C28H28INO3. The third-order valence-corrected chi connectivity index (χ3v) is 7.41. The van der Waals surface area contributed by atoms with Crippen LogP contribution >= 0.6 is 22.6 Å². The highest BCUT2D eigenvalue weighted by Gasteiger charge is 2.41. The van der Waals surface area contributed by atoms with Gasteiger partial charge in [0.1, 0.15) is 0 Å². The van der Waals surface area contributed by atoms with E-state index in [9.17, 15) is 4.79 Å². The number of halogens is 1. The van der Waals surface area contributed by atoms with Gasteiger partial charge in [0, 0.05) is 23.2 Å². The van der Waals surface area contributed by atoms with Crippen LogP contribution in [0.2, 0.25) is 0 Å². The molecule has 0 spiro atoms. The summed E-state index contributed by atoms with van der Waals surface area (Å²) >= 11 is 2.28. The topological polar surface area (TPSA) is 47.6 Å². The largest absolute Gasteiger partial charge is 0.492 e. The summed E-state index contributed by atoms with van der Waals surface area (Å²) in [4.78, 5) is 13.6. The van der Waals surface area contributed by atoms with Crippen LogP contribution in [-0.2, 0) is 4.79 Å². The van der Waals surface area contributed by atoms with E-state index in [-0.39, 0.29) is 17.2 Å². The number of ketones is 1. The van der Waals surface area contributed by atoms with Gasteiger partial charge in [0.2, 0.25) is 0 Å². The Hall–Kier alpha value is -2.54. The molecule has 0 radical (unpaired) electrons. The summed E-state index contributed by atoms with van der Waals surface area (Å²) < 4.78 is 12.5. The molecule has 3 aromatic rings. The lowest BCUT2D eigenvalue weighted by Crippen LogP contribution is -2.33. The minimum Gasteiger partial charge on any atom is -0.492 e. The predicted octanol–water partition coefficient (Wildman–Crippen LogP) is 7.16. The monoisotopic (exact) mass is 553 g/mol. The van der Waals surface area contributed by atoms with E-state index in [2.05, 4.69) is 84.2 Å². The zero-order valence-electron chi connectivity index (χ0n) is 19.4. The van der Waals surface area contributed by atoms with E-state index in [1.165, 1.54) is 21.9 Å². The average molecular weight is 553 g/mol. The summed E-state index contributed by atoms with van der Waals surface area (Å²) in [7, 11) is 1.66. The molecule has 5 heteroatoms. The first-order valence-electron chi connectivity index (χ1n) is 11.4. The van der Waals surface area contributed by atoms with Gasteiger partial charge in [0.05, 0.1) is 23.3 Å². The molecule has 0 fully saturated rings. The molecule has 0 amide bonds. The quantitative estimate of drug-likeness (QED) is 0.349. The van der Waals surface area contributed by atoms with E-state index in [1.54, 1.807) is 7.11 Å². The van der Waals surface area contributed by atoms with Crippen LogP contribution in [0.5, 0.6) is 11.5 Å². The fourth-order valence-electron chi connectivity index (χ4n) is 5.30. The summed E-state index contributed by atoms with van der Waals surface area (Å²) in [5.41, 5.74) is 5.26. The van der Waals surface area contributed by atoms with Crippen molar-refractivity contribution in [1.29, 1.82) is 0 Å². The number of nitrogens with one attached hydrogen (secondary N) is 1. The minimum atomic E-state index is -0.226. The van der Waals surface area contributed by atoms with E-state index in [1.807, 2.05) is 13.0 Å². The molecule has 1 aliphatic carbocycles. The molecule has 33 heavy (non-hydrogen) atoms. The predicted molar refractivity (Wildman–Crippen MR) is 142 cm³/mol. The summed E-state index contributed by atoms with van der Waals surface area (Å²) in [5, 5.41) is 6.10. The number of allylic oxidation sites excluding steroid dienone is 1. The molecule has 0 saturated carbocycles. The number of hydrogen-bond donors (Lipinski definition) is 1. The number of hydrogen-bond acceptors (Lipinski definition) is 4. The van der Waals surface area contributed by atoms with Crippen LogP contribution in [0.15, 0.2) is 54.1 Å². The van der Waals surface area contributed by atoms with Crippen LogP contribution in [0, 0.1) is 8.99 Å². The van der Waals surface area contributed by atoms with Gasteiger partial charge in [-0.1, -0.05) is 44.2 Å². The van der Waals surface area contributed by atoms with Gasteiger partial charge in [-0.25, -0.2) is 0 Å². The van der Waals surface area contributed by atoms with Gasteiger partial charge in [-0.05, 0) is 81.5 Å². The molecule has 1 N–H and O–H groups in total. The van der Waals surface area contributed by atoms with Gasteiger partial charge >= 0.3 is 0 Å². The summed E-state index contributed by atoms with van der Waals surface area (Å²) in [6, 6.07) is 16.6. The number of anilines is 1. The van der Waals surface area contributed by atoms with Gasteiger partial charge in [0.15, 0.2) is 17.3 Å². The van der Waals surface area contributed by atoms with Gasteiger partial charge in [-0.15, -0.1) is 0 Å². The molecule has 1 heterocycles. The van der Waals surface area contributed by atoms with E-state index in [4.69, 9.17) is 9.47 Å². The normalized spacial score (nSPS) is 19.1. The number of carbonyl (C=O) groups excluding carboxylic acids is 1. The first-order valence-corrected chi connectivity index (χ1v) is 12.5. The molecule has 3 aromatic carbocycles. The van der Waals surface area contributed by atoms with Crippen molar-refractivity contribution in [3.8, 4) is 11.5 Å². The van der Waals surface area contributed by atoms with Gasteiger partial charge in [-0.3, -0.25) is 4.79 Å². The molecule has 170 valence electrons. The van der Waals surface area contributed by atoms with Crippen molar-refractivity contribution in [3.05, 3.63) is 68.8 Å². The number of rotatable bonds is 4. The van der Waals surface area contributed by atoms with E-state index in [0.717, 1.165) is 32.6 Å². The molecule has 1 atom stereocenters. The first-order chi connectivity index (χ1) is 15.8. The molecule has 4 nitrogen and oxygen atoms in total. The molecule has 0 saturated heterocycles. The standard InChI is InChI=1S/C28H28INO3/c1-5-33-23-13-17(12-20(29)27(23)32-4)26-25-19(14-28(2,3)15-22(25)31)24-18-9-7-6-8-16(18)10-11-21(24)30-26/h6-13,26,30H,5,14-15H2,1-4H3/t26-/m0/s1. The lowest BCUT2D eigenvalue weighted by molar-refractivity contribution is -0.118. The maximum absolute atomic E-state index is 13.6. The lowest BCUT2D eigenvalue weighted by atomic mass is 9.68. The number of methoxy groups -OCH3 is 1. The highest BCUT2D eigenvalue weighted by molar-refractivity contribution is 14.1. The molecular weight excluding hydrogens is 525 g/mol. The van der Waals surface area contributed by atoms with Gasteiger partial charge in [0.25, 0.3) is 0 Å². The van der Waals surface area contributed by atoms with Crippen LogP contribution in [-0.4, -0.2) is 19.5 Å². The van der Waals surface area contributed by atoms with Crippen molar-refractivity contribution in [1.82, 2.24) is 0 Å². The maximum Gasteiger partial charge on any atom is 0.174 e. The molecule has 2 aliphatic rings. The van der Waals surface area contributed by atoms with Crippen molar-refractivity contribution >= 4 is 50.4 Å². The van der Waals surface area contributed by atoms with E-state index < -0.39 is 0 Å². The minimum absolute atomic E-state index is 0.0726. The molecule has 0 unspecified atom stereocenters. The number of fused-ring (bicyclic) bond motifs is 4. The van der Waals surface area contributed by atoms with Gasteiger partial charge in [-0.2, -0.15) is 0 Å². The van der Waals surface area contributed by atoms with E-state index in [0.29, 0.717) is 18.8 Å². The van der Waals surface area contributed by atoms with E-state index >= 15 is 0 Å². The van der Waals surface area contributed by atoms with Crippen molar-refractivity contribution in [2.24, 2.45) is 5.41 Å². The summed E-state index contributed by atoms with van der Waals surface area (Å²) in [6.45, 7) is 6.90. The Morgan fingerprint density at radius 3 is 2.67 bits per heavy atom. The van der Waals surface area contributed by atoms with Crippen LogP contribution in [0.1, 0.15) is 50.8 Å². The second kappa shape index (κ2) is 8.35. The number of ether oxygens (including phenoxy) is 2. The van der Waals surface area contributed by atoms with Crippen LogP contribution < -0.4 is 14.8 Å². The highest BCUT2D eigenvalue weighted by Crippen LogP contribution is 2.52. The van der Waals surface area contributed by atoms with Crippen molar-refractivity contribution < 1.29 is 14.3 Å². The first kappa shape index (κ1) is 22.3. The molecule has 5 rings (SSSR count). The molecule has 0 aromatic heterocycles. The smallest absolute Gasteiger partial charge is 0.174 e. The zero-order valence-corrected chi connectivity index (χ0v) is 21.6. The SMILES string of the molecule is CCOc1cc([C@@H]2Nc3ccc4ccccc4c3C3=C2C(=O)CC(C)(C)C3)cc(I)c1OC. The second-order valence-electron chi connectivity index (χ2n) is 9.59. The maximum atomic E-state index is 13.6. The van der Waals surface area contributed by atoms with Crippen LogP contribution in [0.4, 0.5) is 5.69 Å². The lowest BCUT2D eigenvalue weighted by Gasteiger charge is -2.40. The van der Waals surface area contributed by atoms with Crippen LogP contribution in [0.25, 0.3) is 16.3 Å². The molecule has 1 aliphatic heterocycles. The van der Waals surface area contributed by atoms with Gasteiger partial charge < -0.3 is 14.8 Å². The Bertz CT molecular complexity index is 1310. The average Bonchev–Trinajstić information content (AvgIpc) is 2.77.